The molecule has 0 saturated heterocycles. The van der Waals surface area contributed by atoms with E-state index in [1.165, 1.54) is 0 Å². The molecule has 0 atom stereocenters. The van der Waals surface area contributed by atoms with Crippen molar-refractivity contribution in [2.24, 2.45) is 0 Å². The minimum Gasteiger partial charge on any atom is -0.487 e. The van der Waals surface area contributed by atoms with Crippen molar-refractivity contribution in [3.63, 3.8) is 0 Å². The Morgan fingerprint density at radius 2 is 1.81 bits per heavy atom. The van der Waals surface area contributed by atoms with Crippen molar-refractivity contribution in [3.05, 3.63) is 111 Å². The minimum atomic E-state index is -0.242. The molecule has 0 saturated carbocycles. The minimum absolute atomic E-state index is 0.242. The fraction of sp³-hybridized carbons (Fsp3) is 0.0833. The lowest BCUT2D eigenvalue weighted by molar-refractivity contribution is 0.102. The van der Waals surface area contributed by atoms with Crippen molar-refractivity contribution >= 4 is 46.4 Å². The van der Waals surface area contributed by atoms with Crippen LogP contribution in [0.25, 0.3) is 0 Å². The molecule has 0 aliphatic heterocycles. The zero-order valence-electron chi connectivity index (χ0n) is 16.8. The van der Waals surface area contributed by atoms with Crippen molar-refractivity contribution < 1.29 is 9.53 Å². The Bertz CT molecular complexity index is 1260. The molecule has 0 unspecified atom stereocenters. The van der Waals surface area contributed by atoms with Crippen LogP contribution >= 0.6 is 34.8 Å². The Morgan fingerprint density at radius 3 is 2.62 bits per heavy atom. The molecule has 0 aliphatic carbocycles. The number of hydrogen-bond donors (Lipinski definition) is 1. The SMILES string of the molecule is O=C(Nc1cnn(Cc2ccccc2Cl)c1)c1cccc(COc2ccc(Cl)cc2Cl)c1. The van der Waals surface area contributed by atoms with Gasteiger partial charge in [0, 0.05) is 21.8 Å². The topological polar surface area (TPSA) is 56.2 Å². The molecule has 0 aliphatic rings. The fourth-order valence-corrected chi connectivity index (χ4v) is 3.73. The lowest BCUT2D eigenvalue weighted by Gasteiger charge is -2.09. The van der Waals surface area contributed by atoms with E-state index in [9.17, 15) is 4.79 Å². The number of halogens is 3. The summed E-state index contributed by atoms with van der Waals surface area (Å²) in [4.78, 5) is 12.7. The summed E-state index contributed by atoms with van der Waals surface area (Å²) < 4.78 is 7.47. The van der Waals surface area contributed by atoms with Gasteiger partial charge in [0.15, 0.2) is 0 Å². The van der Waals surface area contributed by atoms with Crippen LogP contribution in [0.2, 0.25) is 15.1 Å². The monoisotopic (exact) mass is 485 g/mol. The van der Waals surface area contributed by atoms with Gasteiger partial charge in [-0.15, -0.1) is 0 Å². The second-order valence-electron chi connectivity index (χ2n) is 7.04. The van der Waals surface area contributed by atoms with E-state index in [1.807, 2.05) is 30.3 Å². The molecular formula is C24H18Cl3N3O2. The summed E-state index contributed by atoms with van der Waals surface area (Å²) in [7, 11) is 0. The van der Waals surface area contributed by atoms with Gasteiger partial charge in [0.2, 0.25) is 0 Å². The predicted molar refractivity (Wildman–Crippen MR) is 128 cm³/mol. The first kappa shape index (κ1) is 22.2. The third-order valence-electron chi connectivity index (χ3n) is 4.66. The molecule has 32 heavy (non-hydrogen) atoms. The molecule has 4 rings (SSSR count). The van der Waals surface area contributed by atoms with E-state index in [-0.39, 0.29) is 12.5 Å². The van der Waals surface area contributed by atoms with E-state index in [0.717, 1.165) is 11.1 Å². The smallest absolute Gasteiger partial charge is 0.255 e. The van der Waals surface area contributed by atoms with Crippen molar-refractivity contribution in [3.8, 4) is 5.75 Å². The number of carbonyl (C=O) groups is 1. The van der Waals surface area contributed by atoms with Crippen molar-refractivity contribution in [1.29, 1.82) is 0 Å². The molecule has 162 valence electrons. The van der Waals surface area contributed by atoms with Crippen LogP contribution in [0.5, 0.6) is 5.75 Å². The quantitative estimate of drug-likeness (QED) is 0.315. The molecule has 1 N–H and O–H groups in total. The van der Waals surface area contributed by atoms with Crippen LogP contribution in [0.15, 0.2) is 79.1 Å². The second kappa shape index (κ2) is 10.1. The second-order valence-corrected chi connectivity index (χ2v) is 8.29. The largest absolute Gasteiger partial charge is 0.487 e. The summed E-state index contributed by atoms with van der Waals surface area (Å²) in [6.45, 7) is 0.772. The summed E-state index contributed by atoms with van der Waals surface area (Å²) in [5.41, 5.74) is 2.88. The first-order valence-corrected chi connectivity index (χ1v) is 10.9. The first-order chi connectivity index (χ1) is 15.5. The van der Waals surface area contributed by atoms with Gasteiger partial charge in [-0.1, -0.05) is 65.1 Å². The maximum atomic E-state index is 12.7. The van der Waals surface area contributed by atoms with Gasteiger partial charge in [0.1, 0.15) is 12.4 Å². The van der Waals surface area contributed by atoms with Crippen molar-refractivity contribution in [2.45, 2.75) is 13.2 Å². The van der Waals surface area contributed by atoms with Gasteiger partial charge in [-0.3, -0.25) is 9.48 Å². The van der Waals surface area contributed by atoms with E-state index in [1.54, 1.807) is 53.5 Å². The highest BCUT2D eigenvalue weighted by Gasteiger charge is 2.10. The molecule has 0 bridgehead atoms. The number of hydrogen-bond acceptors (Lipinski definition) is 3. The fourth-order valence-electron chi connectivity index (χ4n) is 3.07. The number of rotatable bonds is 7. The summed E-state index contributed by atoms with van der Waals surface area (Å²) >= 11 is 18.3. The van der Waals surface area contributed by atoms with Gasteiger partial charge in [0.25, 0.3) is 5.91 Å². The number of nitrogens with zero attached hydrogens (tertiary/aromatic N) is 2. The van der Waals surface area contributed by atoms with Gasteiger partial charge < -0.3 is 10.1 Å². The summed E-state index contributed by atoms with van der Waals surface area (Å²) in [5.74, 6) is 0.283. The van der Waals surface area contributed by atoms with E-state index < -0.39 is 0 Å². The zero-order valence-corrected chi connectivity index (χ0v) is 19.0. The molecule has 0 radical (unpaired) electrons. The highest BCUT2D eigenvalue weighted by Crippen LogP contribution is 2.28. The number of benzene rings is 3. The predicted octanol–water partition coefficient (Wildman–Crippen LogP) is 6.72. The van der Waals surface area contributed by atoms with Gasteiger partial charge >= 0.3 is 0 Å². The molecular weight excluding hydrogens is 469 g/mol. The third kappa shape index (κ3) is 5.62. The number of ether oxygens (including phenoxy) is 1. The van der Waals surface area contributed by atoms with Gasteiger partial charge in [-0.2, -0.15) is 5.10 Å². The molecule has 8 heteroatoms. The van der Waals surface area contributed by atoms with E-state index >= 15 is 0 Å². The third-order valence-corrected chi connectivity index (χ3v) is 5.56. The van der Waals surface area contributed by atoms with E-state index in [4.69, 9.17) is 39.5 Å². The molecule has 5 nitrogen and oxygen atoms in total. The van der Waals surface area contributed by atoms with E-state index in [0.29, 0.717) is 38.6 Å². The number of anilines is 1. The van der Waals surface area contributed by atoms with Gasteiger partial charge in [-0.05, 0) is 47.5 Å². The molecule has 3 aromatic carbocycles. The Kier molecular flexibility index (Phi) is 7.00. The number of carbonyl (C=O) groups excluding carboxylic acids is 1. The molecule has 0 fully saturated rings. The number of aromatic nitrogens is 2. The molecule has 4 aromatic rings. The first-order valence-electron chi connectivity index (χ1n) is 9.72. The van der Waals surface area contributed by atoms with Crippen molar-refractivity contribution in [1.82, 2.24) is 9.78 Å². The number of nitrogens with one attached hydrogen (secondary N) is 1. The summed E-state index contributed by atoms with van der Waals surface area (Å²) in [5, 5.41) is 8.80. The van der Waals surface area contributed by atoms with Crippen LogP contribution in [0, 0.1) is 0 Å². The maximum absolute atomic E-state index is 12.7. The van der Waals surface area contributed by atoms with E-state index in [2.05, 4.69) is 10.4 Å². The normalized spacial score (nSPS) is 10.7. The average Bonchev–Trinajstić information content (AvgIpc) is 3.21. The average molecular weight is 487 g/mol. The molecule has 1 amide bonds. The zero-order chi connectivity index (χ0) is 22.5. The Morgan fingerprint density at radius 1 is 0.969 bits per heavy atom. The molecule has 0 spiro atoms. The highest BCUT2D eigenvalue weighted by molar-refractivity contribution is 6.35. The van der Waals surface area contributed by atoms with Crippen molar-refractivity contribution in [2.75, 3.05) is 5.32 Å². The van der Waals surface area contributed by atoms with Crippen LogP contribution in [0.3, 0.4) is 0 Å². The Hall–Kier alpha value is -2.99. The lowest BCUT2D eigenvalue weighted by Crippen LogP contribution is -2.12. The van der Waals surface area contributed by atoms with Gasteiger partial charge in [0.05, 0.1) is 23.5 Å². The Labute approximate surface area is 200 Å². The van der Waals surface area contributed by atoms with Crippen LogP contribution in [0.4, 0.5) is 5.69 Å². The standard InChI is InChI=1S/C24H18Cl3N3O2/c25-19-8-9-23(22(27)11-19)32-15-16-4-3-6-17(10-16)24(31)29-20-12-28-30(14-20)13-18-5-1-2-7-21(18)26/h1-12,14H,13,15H2,(H,29,31). The summed E-state index contributed by atoms with van der Waals surface area (Å²) in [6, 6.07) is 19.8. The molecule has 1 aromatic heterocycles. The lowest BCUT2D eigenvalue weighted by atomic mass is 10.1. The molecule has 1 heterocycles. The van der Waals surface area contributed by atoms with Crippen LogP contribution in [-0.2, 0) is 13.2 Å². The highest BCUT2D eigenvalue weighted by atomic mass is 35.5. The number of amides is 1. The Balaban J connectivity index is 1.39. The van der Waals surface area contributed by atoms with Crippen LogP contribution in [0.1, 0.15) is 21.5 Å². The van der Waals surface area contributed by atoms with Crippen LogP contribution in [-0.4, -0.2) is 15.7 Å². The van der Waals surface area contributed by atoms with Crippen LogP contribution < -0.4 is 10.1 Å². The maximum Gasteiger partial charge on any atom is 0.255 e. The summed E-state index contributed by atoms with van der Waals surface area (Å²) in [6.07, 6.45) is 3.36. The van der Waals surface area contributed by atoms with Gasteiger partial charge in [-0.25, -0.2) is 0 Å².